The Morgan fingerprint density at radius 3 is 2.51 bits per heavy atom. The molecule has 188 valence electrons. The van der Waals surface area contributed by atoms with E-state index >= 15 is 0 Å². The molecule has 0 saturated carbocycles. The zero-order valence-electron chi connectivity index (χ0n) is 20.5. The highest BCUT2D eigenvalue weighted by atomic mass is 32.1. The first-order valence-electron chi connectivity index (χ1n) is 11.4. The molecule has 1 aliphatic rings. The van der Waals surface area contributed by atoms with Crippen LogP contribution in [0.25, 0.3) is 6.08 Å². The van der Waals surface area contributed by atoms with Crippen molar-refractivity contribution in [2.75, 3.05) is 23.9 Å². The van der Waals surface area contributed by atoms with Gasteiger partial charge in [-0.25, -0.2) is 0 Å². The Kier molecular flexibility index (Phi) is 7.64. The van der Waals surface area contributed by atoms with E-state index in [1.165, 1.54) is 18.1 Å². The number of anilines is 2. The smallest absolute Gasteiger partial charge is 0.270 e. The minimum atomic E-state index is -0.593. The number of amides is 3. The first kappa shape index (κ1) is 25.6. The van der Waals surface area contributed by atoms with E-state index in [2.05, 4.69) is 10.6 Å². The van der Waals surface area contributed by atoms with Gasteiger partial charge in [0, 0.05) is 5.69 Å². The molecule has 0 atom stereocenters. The Hall–Kier alpha value is -4.50. The number of hydrogen-bond donors (Lipinski definition) is 2. The monoisotopic (exact) mass is 515 g/mol. The van der Waals surface area contributed by atoms with Crippen molar-refractivity contribution in [3.8, 4) is 11.5 Å². The first-order chi connectivity index (χ1) is 17.8. The van der Waals surface area contributed by atoms with Crippen molar-refractivity contribution in [3.63, 3.8) is 0 Å². The van der Waals surface area contributed by atoms with Gasteiger partial charge < -0.3 is 14.8 Å². The predicted molar refractivity (Wildman–Crippen MR) is 146 cm³/mol. The van der Waals surface area contributed by atoms with Gasteiger partial charge in [0.05, 0.1) is 12.8 Å². The van der Waals surface area contributed by atoms with E-state index in [-0.39, 0.29) is 23.2 Å². The van der Waals surface area contributed by atoms with Crippen LogP contribution in [0.5, 0.6) is 11.5 Å². The molecule has 4 rings (SSSR count). The molecule has 0 spiro atoms. The molecule has 8 nitrogen and oxygen atoms in total. The van der Waals surface area contributed by atoms with Crippen molar-refractivity contribution in [1.29, 1.82) is 0 Å². The van der Waals surface area contributed by atoms with E-state index in [1.807, 2.05) is 38.1 Å². The van der Waals surface area contributed by atoms with Crippen LogP contribution in [0.4, 0.5) is 11.4 Å². The summed E-state index contributed by atoms with van der Waals surface area (Å²) >= 11 is 5.22. The molecule has 0 aromatic heterocycles. The molecule has 37 heavy (non-hydrogen) atoms. The second kappa shape index (κ2) is 11.0. The van der Waals surface area contributed by atoms with Gasteiger partial charge in [-0.15, -0.1) is 0 Å². The van der Waals surface area contributed by atoms with Crippen LogP contribution in [0, 0.1) is 13.8 Å². The van der Waals surface area contributed by atoms with Crippen LogP contribution in [0.3, 0.4) is 0 Å². The van der Waals surface area contributed by atoms with Crippen LogP contribution >= 0.6 is 12.2 Å². The largest absolute Gasteiger partial charge is 0.493 e. The van der Waals surface area contributed by atoms with Crippen molar-refractivity contribution in [2.24, 2.45) is 0 Å². The molecule has 3 aromatic carbocycles. The molecule has 1 aliphatic heterocycles. The number of methoxy groups -OCH3 is 1. The van der Waals surface area contributed by atoms with Gasteiger partial charge in [-0.2, -0.15) is 0 Å². The Balaban J connectivity index is 1.50. The molecule has 3 aromatic rings. The number of ether oxygens (including phenoxy) is 2. The van der Waals surface area contributed by atoms with Crippen molar-refractivity contribution >= 4 is 52.5 Å². The van der Waals surface area contributed by atoms with Crippen LogP contribution in [0.1, 0.15) is 16.7 Å². The minimum absolute atomic E-state index is 0.0128. The van der Waals surface area contributed by atoms with Gasteiger partial charge in [0.15, 0.2) is 23.2 Å². The van der Waals surface area contributed by atoms with Gasteiger partial charge in [-0.05, 0) is 79.2 Å². The van der Waals surface area contributed by atoms with Gasteiger partial charge in [-0.3, -0.25) is 24.6 Å². The fraction of sp³-hybridized carbons (Fsp3) is 0.143. The summed E-state index contributed by atoms with van der Waals surface area (Å²) in [4.78, 5) is 39.4. The molecule has 2 N–H and O–H groups in total. The number of nitrogens with one attached hydrogen (secondary N) is 2. The number of aryl methyl sites for hydroxylation is 1. The Morgan fingerprint density at radius 2 is 1.78 bits per heavy atom. The van der Waals surface area contributed by atoms with Gasteiger partial charge in [0.25, 0.3) is 17.7 Å². The van der Waals surface area contributed by atoms with E-state index in [1.54, 1.807) is 42.5 Å². The van der Waals surface area contributed by atoms with E-state index in [0.29, 0.717) is 22.7 Å². The zero-order chi connectivity index (χ0) is 26.5. The van der Waals surface area contributed by atoms with Crippen molar-refractivity contribution in [1.82, 2.24) is 5.32 Å². The molecule has 1 heterocycles. The van der Waals surface area contributed by atoms with Crippen LogP contribution in [-0.4, -0.2) is 36.6 Å². The van der Waals surface area contributed by atoms with E-state index in [0.717, 1.165) is 16.8 Å². The van der Waals surface area contributed by atoms with E-state index < -0.39 is 11.8 Å². The third-order valence-corrected chi connectivity index (χ3v) is 6.14. The molecule has 0 unspecified atom stereocenters. The fourth-order valence-electron chi connectivity index (χ4n) is 3.74. The first-order valence-corrected chi connectivity index (χ1v) is 11.8. The van der Waals surface area contributed by atoms with Crippen LogP contribution in [0.15, 0.2) is 72.3 Å². The van der Waals surface area contributed by atoms with Crippen molar-refractivity contribution in [3.05, 3.63) is 89.0 Å². The summed E-state index contributed by atoms with van der Waals surface area (Å²) in [7, 11) is 1.46. The number of benzene rings is 3. The van der Waals surface area contributed by atoms with Crippen LogP contribution in [0.2, 0.25) is 0 Å². The Bertz CT molecular complexity index is 1420. The van der Waals surface area contributed by atoms with E-state index in [9.17, 15) is 14.4 Å². The molecule has 0 aliphatic carbocycles. The van der Waals surface area contributed by atoms with E-state index in [4.69, 9.17) is 21.7 Å². The topological polar surface area (TPSA) is 97.0 Å². The summed E-state index contributed by atoms with van der Waals surface area (Å²) in [6.07, 6.45) is 1.45. The highest BCUT2D eigenvalue weighted by molar-refractivity contribution is 7.80. The number of carbonyl (C=O) groups excluding carboxylic acids is 3. The fourth-order valence-corrected chi connectivity index (χ4v) is 4.03. The Labute approximate surface area is 219 Å². The average Bonchev–Trinajstić information content (AvgIpc) is 2.88. The molecule has 0 bridgehead atoms. The lowest BCUT2D eigenvalue weighted by Crippen LogP contribution is -2.54. The van der Waals surface area contributed by atoms with Crippen molar-refractivity contribution in [2.45, 2.75) is 13.8 Å². The molecular formula is C28H25N3O5S. The quantitative estimate of drug-likeness (QED) is 0.279. The molecule has 0 radical (unpaired) electrons. The van der Waals surface area contributed by atoms with Gasteiger partial charge >= 0.3 is 0 Å². The van der Waals surface area contributed by atoms with Crippen LogP contribution in [-0.2, 0) is 14.4 Å². The van der Waals surface area contributed by atoms with Gasteiger partial charge in [-0.1, -0.05) is 36.4 Å². The van der Waals surface area contributed by atoms with Crippen molar-refractivity contribution < 1.29 is 23.9 Å². The third kappa shape index (κ3) is 5.68. The second-order valence-electron chi connectivity index (χ2n) is 8.29. The second-order valence-corrected chi connectivity index (χ2v) is 8.67. The SMILES string of the molecule is COc1cc(/C=C2/C(=O)NC(=S)N(c3ccccc3)C2=O)ccc1OCC(=O)Nc1cccc(C)c1C. The summed E-state index contributed by atoms with van der Waals surface area (Å²) in [6, 6.07) is 19.4. The lowest BCUT2D eigenvalue weighted by molar-refractivity contribution is -0.122. The zero-order valence-corrected chi connectivity index (χ0v) is 21.3. The number of nitrogens with zero attached hydrogens (tertiary/aromatic N) is 1. The minimum Gasteiger partial charge on any atom is -0.493 e. The lowest BCUT2D eigenvalue weighted by atomic mass is 10.1. The number of hydrogen-bond acceptors (Lipinski definition) is 6. The van der Waals surface area contributed by atoms with Gasteiger partial charge in [0.2, 0.25) is 0 Å². The highest BCUT2D eigenvalue weighted by Crippen LogP contribution is 2.30. The Morgan fingerprint density at radius 1 is 1.03 bits per heavy atom. The normalized spacial score (nSPS) is 14.4. The summed E-state index contributed by atoms with van der Waals surface area (Å²) in [5, 5.41) is 5.41. The molecule has 3 amide bonds. The van der Waals surface area contributed by atoms with Crippen LogP contribution < -0.4 is 25.0 Å². The van der Waals surface area contributed by atoms with Gasteiger partial charge in [0.1, 0.15) is 5.57 Å². The third-order valence-electron chi connectivity index (χ3n) is 5.85. The highest BCUT2D eigenvalue weighted by Gasteiger charge is 2.34. The number of thiocarbonyl (C=S) groups is 1. The lowest BCUT2D eigenvalue weighted by Gasteiger charge is -2.28. The maximum Gasteiger partial charge on any atom is 0.270 e. The summed E-state index contributed by atoms with van der Waals surface area (Å²) < 4.78 is 11.1. The standard InChI is InChI=1S/C28H25N3O5S/c1-17-8-7-11-22(18(17)2)29-25(32)16-36-23-13-12-19(15-24(23)35-3)14-21-26(33)30-28(37)31(27(21)34)20-9-5-4-6-10-20/h4-15H,16H2,1-3H3,(H,29,32)(H,30,33,37)/b21-14-. The summed E-state index contributed by atoms with van der Waals surface area (Å²) in [5.41, 5.74) is 3.78. The molecule has 1 fully saturated rings. The molecular weight excluding hydrogens is 490 g/mol. The predicted octanol–water partition coefficient (Wildman–Crippen LogP) is 4.16. The number of para-hydroxylation sites is 1. The summed E-state index contributed by atoms with van der Waals surface area (Å²) in [5.74, 6) is -0.768. The maximum atomic E-state index is 13.2. The average molecular weight is 516 g/mol. The molecule has 9 heteroatoms. The maximum absolute atomic E-state index is 13.2. The number of carbonyl (C=O) groups is 3. The molecule has 1 saturated heterocycles. The number of rotatable bonds is 7. The summed E-state index contributed by atoms with van der Waals surface area (Å²) in [6.45, 7) is 3.68.